The van der Waals surface area contributed by atoms with Gasteiger partial charge in [0.1, 0.15) is 0 Å². The molecule has 0 saturated heterocycles. The first kappa shape index (κ1) is 17.2. The van der Waals surface area contributed by atoms with Crippen LogP contribution in [-0.4, -0.2) is 36.5 Å². The molecule has 0 aromatic rings. The van der Waals surface area contributed by atoms with E-state index < -0.39 is 0 Å². The Morgan fingerprint density at radius 2 is 1.86 bits per heavy atom. The first-order valence-corrected chi connectivity index (χ1v) is 9.09. The minimum Gasteiger partial charge on any atom is -0.389 e. The lowest BCUT2D eigenvalue weighted by Gasteiger charge is -2.37. The van der Waals surface area contributed by atoms with Gasteiger partial charge in [0.2, 0.25) is 0 Å². The molecule has 0 radical (unpaired) electrons. The number of hydrogen-bond donors (Lipinski definition) is 2. The van der Waals surface area contributed by atoms with E-state index in [1.165, 1.54) is 38.5 Å². The lowest BCUT2D eigenvalue weighted by Crippen LogP contribution is -2.39. The maximum atomic E-state index is 10.1. The summed E-state index contributed by atoms with van der Waals surface area (Å²) in [6.45, 7) is 8.09. The zero-order valence-corrected chi connectivity index (χ0v) is 14.2. The summed E-state index contributed by atoms with van der Waals surface area (Å²) in [7, 11) is 0. The van der Waals surface area contributed by atoms with Crippen molar-refractivity contribution in [2.75, 3.05) is 13.2 Å². The fourth-order valence-electron chi connectivity index (χ4n) is 4.03. The Kier molecular flexibility index (Phi) is 6.97. The van der Waals surface area contributed by atoms with Crippen molar-refractivity contribution in [1.29, 1.82) is 0 Å². The SMILES string of the molecule is CC(C)[C@H]1CC[C@@H](C)C[C@H]1OC[C@@H](O)CNC1CCCC1. The Bertz CT molecular complexity index is 289. The molecular formula is C18H35NO2. The smallest absolute Gasteiger partial charge is 0.0897 e. The van der Waals surface area contributed by atoms with Crippen LogP contribution in [0.1, 0.15) is 65.7 Å². The summed E-state index contributed by atoms with van der Waals surface area (Å²) in [5, 5.41) is 13.6. The summed E-state index contributed by atoms with van der Waals surface area (Å²) in [4.78, 5) is 0. The van der Waals surface area contributed by atoms with E-state index in [2.05, 4.69) is 26.1 Å². The maximum Gasteiger partial charge on any atom is 0.0897 e. The van der Waals surface area contributed by atoms with Crippen LogP contribution in [0.5, 0.6) is 0 Å². The molecule has 2 N–H and O–H groups in total. The number of hydrogen-bond acceptors (Lipinski definition) is 3. The molecule has 0 aliphatic heterocycles. The second-order valence-electron chi connectivity index (χ2n) is 7.74. The molecule has 0 amide bonds. The first-order valence-electron chi connectivity index (χ1n) is 9.09. The minimum atomic E-state index is -0.365. The van der Waals surface area contributed by atoms with Crippen LogP contribution in [0.2, 0.25) is 0 Å². The fourth-order valence-corrected chi connectivity index (χ4v) is 4.03. The molecule has 2 aliphatic carbocycles. The van der Waals surface area contributed by atoms with Crippen molar-refractivity contribution in [2.24, 2.45) is 17.8 Å². The van der Waals surface area contributed by atoms with Gasteiger partial charge in [0.25, 0.3) is 0 Å². The predicted octanol–water partition coefficient (Wildman–Crippen LogP) is 3.36. The molecule has 4 atom stereocenters. The highest BCUT2D eigenvalue weighted by atomic mass is 16.5. The molecule has 2 saturated carbocycles. The van der Waals surface area contributed by atoms with Gasteiger partial charge in [-0.05, 0) is 43.4 Å². The van der Waals surface area contributed by atoms with E-state index in [0.717, 1.165) is 12.3 Å². The molecule has 0 heterocycles. The minimum absolute atomic E-state index is 0.342. The number of nitrogens with one attached hydrogen (secondary N) is 1. The van der Waals surface area contributed by atoms with Crippen molar-refractivity contribution < 1.29 is 9.84 Å². The van der Waals surface area contributed by atoms with Crippen LogP contribution in [0.4, 0.5) is 0 Å². The van der Waals surface area contributed by atoms with E-state index in [-0.39, 0.29) is 6.10 Å². The van der Waals surface area contributed by atoms with Gasteiger partial charge < -0.3 is 15.2 Å². The lowest BCUT2D eigenvalue weighted by molar-refractivity contribution is -0.0685. The molecule has 2 fully saturated rings. The van der Waals surface area contributed by atoms with E-state index >= 15 is 0 Å². The van der Waals surface area contributed by atoms with E-state index in [9.17, 15) is 5.11 Å². The van der Waals surface area contributed by atoms with Gasteiger partial charge >= 0.3 is 0 Å². The Morgan fingerprint density at radius 3 is 2.52 bits per heavy atom. The molecule has 0 bridgehead atoms. The quantitative estimate of drug-likeness (QED) is 0.757. The Balaban J connectivity index is 1.69. The summed E-state index contributed by atoms with van der Waals surface area (Å²) >= 11 is 0. The van der Waals surface area contributed by atoms with Crippen molar-refractivity contribution >= 4 is 0 Å². The van der Waals surface area contributed by atoms with Gasteiger partial charge in [-0.2, -0.15) is 0 Å². The summed E-state index contributed by atoms with van der Waals surface area (Å²) in [5.41, 5.74) is 0. The molecule has 0 aromatic heterocycles. The number of rotatable bonds is 7. The second kappa shape index (κ2) is 8.50. The van der Waals surface area contributed by atoms with Crippen LogP contribution >= 0.6 is 0 Å². The third-order valence-corrected chi connectivity index (χ3v) is 5.46. The highest BCUT2D eigenvalue weighted by Crippen LogP contribution is 2.35. The van der Waals surface area contributed by atoms with Crippen molar-refractivity contribution in [2.45, 2.75) is 84.0 Å². The largest absolute Gasteiger partial charge is 0.389 e. The first-order chi connectivity index (χ1) is 10.1. The van der Waals surface area contributed by atoms with Gasteiger partial charge in [-0.25, -0.2) is 0 Å². The van der Waals surface area contributed by atoms with Gasteiger partial charge in [-0.1, -0.05) is 40.0 Å². The summed E-state index contributed by atoms with van der Waals surface area (Å²) in [6.07, 6.45) is 8.94. The van der Waals surface area contributed by atoms with Crippen LogP contribution in [0.15, 0.2) is 0 Å². The fraction of sp³-hybridized carbons (Fsp3) is 1.00. The summed E-state index contributed by atoms with van der Waals surface area (Å²) in [6, 6.07) is 0.623. The molecule has 0 aromatic carbocycles. The molecule has 3 nitrogen and oxygen atoms in total. The van der Waals surface area contributed by atoms with Gasteiger partial charge in [0.05, 0.1) is 18.8 Å². The molecule has 2 aliphatic rings. The highest BCUT2D eigenvalue weighted by Gasteiger charge is 2.31. The topological polar surface area (TPSA) is 41.5 Å². The Hall–Kier alpha value is -0.120. The number of ether oxygens (including phenoxy) is 1. The van der Waals surface area contributed by atoms with Gasteiger partial charge in [-0.3, -0.25) is 0 Å². The zero-order valence-electron chi connectivity index (χ0n) is 14.2. The second-order valence-corrected chi connectivity index (χ2v) is 7.74. The average molecular weight is 297 g/mol. The van der Waals surface area contributed by atoms with E-state index in [4.69, 9.17) is 4.74 Å². The molecule has 2 rings (SSSR count). The van der Waals surface area contributed by atoms with E-state index in [1.807, 2.05) is 0 Å². The predicted molar refractivity (Wildman–Crippen MR) is 87.3 cm³/mol. The van der Waals surface area contributed by atoms with Crippen molar-refractivity contribution in [3.05, 3.63) is 0 Å². The Morgan fingerprint density at radius 1 is 1.14 bits per heavy atom. The van der Waals surface area contributed by atoms with Gasteiger partial charge in [-0.15, -0.1) is 0 Å². The molecule has 21 heavy (non-hydrogen) atoms. The maximum absolute atomic E-state index is 10.1. The summed E-state index contributed by atoms with van der Waals surface area (Å²) in [5.74, 6) is 2.10. The lowest BCUT2D eigenvalue weighted by atomic mass is 9.75. The van der Waals surface area contributed by atoms with Gasteiger partial charge in [0, 0.05) is 12.6 Å². The van der Waals surface area contributed by atoms with Gasteiger partial charge in [0.15, 0.2) is 0 Å². The standard InChI is InChI=1S/C18H35NO2/c1-13(2)17-9-8-14(3)10-18(17)21-12-16(20)11-19-15-6-4-5-7-15/h13-20H,4-12H2,1-3H3/t14-,16+,17-,18-/m1/s1. The molecule has 3 heteroatoms. The molecular weight excluding hydrogens is 262 g/mol. The number of aliphatic hydroxyl groups is 1. The van der Waals surface area contributed by atoms with Crippen LogP contribution < -0.4 is 5.32 Å². The third kappa shape index (κ3) is 5.54. The molecule has 0 spiro atoms. The zero-order chi connectivity index (χ0) is 15.2. The molecule has 124 valence electrons. The van der Waals surface area contributed by atoms with E-state index in [0.29, 0.717) is 37.1 Å². The van der Waals surface area contributed by atoms with Crippen LogP contribution in [0, 0.1) is 17.8 Å². The normalized spacial score (nSPS) is 32.7. The number of aliphatic hydroxyl groups excluding tert-OH is 1. The van der Waals surface area contributed by atoms with Crippen molar-refractivity contribution in [3.8, 4) is 0 Å². The van der Waals surface area contributed by atoms with Crippen molar-refractivity contribution in [3.63, 3.8) is 0 Å². The monoisotopic (exact) mass is 297 g/mol. The van der Waals surface area contributed by atoms with Crippen LogP contribution in [0.3, 0.4) is 0 Å². The third-order valence-electron chi connectivity index (χ3n) is 5.46. The Labute approximate surface area is 130 Å². The van der Waals surface area contributed by atoms with Crippen molar-refractivity contribution in [1.82, 2.24) is 5.32 Å². The van der Waals surface area contributed by atoms with Crippen LogP contribution in [-0.2, 0) is 4.74 Å². The molecule has 0 unspecified atom stereocenters. The average Bonchev–Trinajstić information content (AvgIpc) is 2.96. The van der Waals surface area contributed by atoms with Crippen LogP contribution in [0.25, 0.3) is 0 Å². The van der Waals surface area contributed by atoms with E-state index in [1.54, 1.807) is 0 Å². The summed E-state index contributed by atoms with van der Waals surface area (Å²) < 4.78 is 6.11. The highest BCUT2D eigenvalue weighted by molar-refractivity contribution is 4.82.